The van der Waals surface area contributed by atoms with Crippen LogP contribution in [-0.2, 0) is 11.2 Å². The Hall–Kier alpha value is -1.35. The number of likely N-dealkylation sites (tertiary alicyclic amines) is 1. The van der Waals surface area contributed by atoms with Crippen LogP contribution in [0.1, 0.15) is 17.5 Å². The van der Waals surface area contributed by atoms with Crippen LogP contribution in [0, 0.1) is 12.8 Å². The van der Waals surface area contributed by atoms with Crippen LogP contribution in [0.25, 0.3) is 0 Å². The molecule has 1 N–H and O–H groups in total. The Balaban J connectivity index is 1.91. The first-order valence-electron chi connectivity index (χ1n) is 6.13. The van der Waals surface area contributed by atoms with Crippen molar-refractivity contribution in [3.8, 4) is 0 Å². The number of rotatable bonds is 3. The maximum absolute atomic E-state index is 12.0. The first-order valence-corrected chi connectivity index (χ1v) is 6.13. The van der Waals surface area contributed by atoms with Gasteiger partial charge >= 0.3 is 0 Å². The molecule has 1 aliphatic rings. The van der Waals surface area contributed by atoms with Gasteiger partial charge in [-0.1, -0.05) is 29.8 Å². The summed E-state index contributed by atoms with van der Waals surface area (Å²) in [5.74, 6) is 0.446. The molecule has 1 amide bonds. The monoisotopic (exact) mass is 233 g/mol. The topological polar surface area (TPSA) is 40.5 Å². The van der Waals surface area contributed by atoms with Crippen LogP contribution in [0.2, 0.25) is 0 Å². The summed E-state index contributed by atoms with van der Waals surface area (Å²) in [5.41, 5.74) is 2.27. The quantitative estimate of drug-likeness (QED) is 0.856. The fourth-order valence-electron chi connectivity index (χ4n) is 2.20. The summed E-state index contributed by atoms with van der Waals surface area (Å²) in [6.45, 7) is 3.73. The molecule has 0 bridgehead atoms. The van der Waals surface area contributed by atoms with Crippen molar-refractivity contribution < 1.29 is 9.90 Å². The summed E-state index contributed by atoms with van der Waals surface area (Å²) in [7, 11) is 0. The summed E-state index contributed by atoms with van der Waals surface area (Å²) in [4.78, 5) is 13.9. The number of hydrogen-bond acceptors (Lipinski definition) is 2. The van der Waals surface area contributed by atoms with Crippen LogP contribution < -0.4 is 0 Å². The Kier molecular flexibility index (Phi) is 3.79. The number of carbonyl (C=O) groups is 1. The highest BCUT2D eigenvalue weighted by Gasteiger charge is 2.25. The van der Waals surface area contributed by atoms with Crippen molar-refractivity contribution in [1.29, 1.82) is 0 Å². The highest BCUT2D eigenvalue weighted by molar-refractivity contribution is 5.79. The van der Waals surface area contributed by atoms with Crippen molar-refractivity contribution in [1.82, 2.24) is 4.90 Å². The lowest BCUT2D eigenvalue weighted by Crippen LogP contribution is -2.30. The van der Waals surface area contributed by atoms with Gasteiger partial charge < -0.3 is 10.0 Å². The molecule has 1 atom stereocenters. The van der Waals surface area contributed by atoms with Crippen LogP contribution in [0.4, 0.5) is 0 Å². The summed E-state index contributed by atoms with van der Waals surface area (Å²) in [5, 5.41) is 9.05. The zero-order chi connectivity index (χ0) is 12.3. The van der Waals surface area contributed by atoms with Crippen molar-refractivity contribution in [2.45, 2.75) is 19.8 Å². The molecule has 0 spiro atoms. The predicted molar refractivity (Wildman–Crippen MR) is 66.7 cm³/mol. The molecule has 0 saturated carbocycles. The van der Waals surface area contributed by atoms with Gasteiger partial charge in [-0.3, -0.25) is 4.79 Å². The number of benzene rings is 1. The number of nitrogens with zero attached hydrogens (tertiary/aromatic N) is 1. The Morgan fingerprint density at radius 1 is 1.41 bits per heavy atom. The highest BCUT2D eigenvalue weighted by atomic mass is 16.3. The third kappa shape index (κ3) is 3.07. The van der Waals surface area contributed by atoms with E-state index in [0.29, 0.717) is 13.0 Å². The van der Waals surface area contributed by atoms with E-state index in [1.54, 1.807) is 0 Å². The van der Waals surface area contributed by atoms with Gasteiger partial charge in [0.15, 0.2) is 0 Å². The van der Waals surface area contributed by atoms with Crippen molar-refractivity contribution in [2.75, 3.05) is 19.7 Å². The van der Waals surface area contributed by atoms with Gasteiger partial charge in [0.2, 0.25) is 5.91 Å². The molecule has 0 radical (unpaired) electrons. The maximum Gasteiger partial charge on any atom is 0.227 e. The van der Waals surface area contributed by atoms with Gasteiger partial charge in [0, 0.05) is 25.6 Å². The van der Waals surface area contributed by atoms with Gasteiger partial charge in [0.05, 0.1) is 6.42 Å². The fraction of sp³-hybridized carbons (Fsp3) is 0.500. The number of aliphatic hydroxyl groups excluding tert-OH is 1. The molecule has 92 valence electrons. The van der Waals surface area contributed by atoms with E-state index < -0.39 is 0 Å². The van der Waals surface area contributed by atoms with Gasteiger partial charge in [0.25, 0.3) is 0 Å². The van der Waals surface area contributed by atoms with E-state index in [4.69, 9.17) is 5.11 Å². The van der Waals surface area contributed by atoms with E-state index in [0.717, 1.165) is 18.5 Å². The molecule has 1 saturated heterocycles. The molecule has 2 rings (SSSR count). The summed E-state index contributed by atoms with van der Waals surface area (Å²) >= 11 is 0. The molecular formula is C14H19NO2. The Morgan fingerprint density at radius 2 is 2.12 bits per heavy atom. The molecule has 1 aromatic carbocycles. The average Bonchev–Trinajstić information content (AvgIpc) is 2.81. The summed E-state index contributed by atoms with van der Waals surface area (Å²) < 4.78 is 0. The average molecular weight is 233 g/mol. The molecule has 1 aromatic rings. The van der Waals surface area contributed by atoms with E-state index in [1.165, 1.54) is 5.56 Å². The predicted octanol–water partition coefficient (Wildman–Crippen LogP) is 1.38. The van der Waals surface area contributed by atoms with Crippen LogP contribution >= 0.6 is 0 Å². The van der Waals surface area contributed by atoms with Gasteiger partial charge in [0.1, 0.15) is 0 Å². The first-order chi connectivity index (χ1) is 8.19. The summed E-state index contributed by atoms with van der Waals surface area (Å²) in [6, 6.07) is 8.08. The van der Waals surface area contributed by atoms with Crippen molar-refractivity contribution in [2.24, 2.45) is 5.92 Å². The van der Waals surface area contributed by atoms with Gasteiger partial charge in [-0.05, 0) is 18.9 Å². The Labute approximate surface area is 102 Å². The van der Waals surface area contributed by atoms with Crippen molar-refractivity contribution >= 4 is 5.91 Å². The van der Waals surface area contributed by atoms with Crippen LogP contribution in [-0.4, -0.2) is 35.6 Å². The minimum absolute atomic E-state index is 0.171. The lowest BCUT2D eigenvalue weighted by Gasteiger charge is -2.16. The number of aliphatic hydroxyl groups is 1. The third-order valence-corrected chi connectivity index (χ3v) is 3.37. The SMILES string of the molecule is Cc1ccc(CC(=O)N2CCC(CO)C2)cc1. The normalized spacial score (nSPS) is 19.6. The molecule has 1 fully saturated rings. The maximum atomic E-state index is 12.0. The number of amides is 1. The van der Waals surface area contributed by atoms with Gasteiger partial charge in [-0.2, -0.15) is 0 Å². The second kappa shape index (κ2) is 5.32. The lowest BCUT2D eigenvalue weighted by atomic mass is 10.1. The molecular weight excluding hydrogens is 214 g/mol. The minimum atomic E-state index is 0.171. The molecule has 3 heteroatoms. The van der Waals surface area contributed by atoms with E-state index >= 15 is 0 Å². The zero-order valence-electron chi connectivity index (χ0n) is 10.2. The van der Waals surface area contributed by atoms with E-state index in [9.17, 15) is 4.79 Å². The minimum Gasteiger partial charge on any atom is -0.396 e. The largest absolute Gasteiger partial charge is 0.396 e. The zero-order valence-corrected chi connectivity index (χ0v) is 10.2. The van der Waals surface area contributed by atoms with Crippen molar-refractivity contribution in [3.05, 3.63) is 35.4 Å². The Morgan fingerprint density at radius 3 is 2.71 bits per heavy atom. The van der Waals surface area contributed by atoms with E-state index in [2.05, 4.69) is 0 Å². The van der Waals surface area contributed by atoms with E-state index in [-0.39, 0.29) is 18.4 Å². The fourth-order valence-corrected chi connectivity index (χ4v) is 2.20. The van der Waals surface area contributed by atoms with Crippen molar-refractivity contribution in [3.63, 3.8) is 0 Å². The molecule has 0 aliphatic carbocycles. The van der Waals surface area contributed by atoms with Crippen LogP contribution in [0.3, 0.4) is 0 Å². The number of aryl methyl sites for hydroxylation is 1. The molecule has 17 heavy (non-hydrogen) atoms. The smallest absolute Gasteiger partial charge is 0.227 e. The standard InChI is InChI=1S/C14H19NO2/c1-11-2-4-12(5-3-11)8-14(17)15-7-6-13(9-15)10-16/h2-5,13,16H,6-10H2,1H3. The number of carbonyl (C=O) groups excluding carboxylic acids is 1. The lowest BCUT2D eigenvalue weighted by molar-refractivity contribution is -0.129. The molecule has 3 nitrogen and oxygen atoms in total. The van der Waals surface area contributed by atoms with Crippen LogP contribution in [0.5, 0.6) is 0 Å². The first kappa shape index (κ1) is 12.1. The second-order valence-corrected chi connectivity index (χ2v) is 4.84. The Bertz CT molecular complexity index is 386. The summed E-state index contributed by atoms with van der Waals surface area (Å²) in [6.07, 6.45) is 1.40. The molecule has 1 heterocycles. The number of hydrogen-bond donors (Lipinski definition) is 1. The molecule has 0 aromatic heterocycles. The van der Waals surface area contributed by atoms with Gasteiger partial charge in [-0.25, -0.2) is 0 Å². The highest BCUT2D eigenvalue weighted by Crippen LogP contribution is 2.16. The third-order valence-electron chi connectivity index (χ3n) is 3.37. The molecule has 1 unspecified atom stereocenters. The van der Waals surface area contributed by atoms with Gasteiger partial charge in [-0.15, -0.1) is 0 Å². The second-order valence-electron chi connectivity index (χ2n) is 4.84. The van der Waals surface area contributed by atoms with E-state index in [1.807, 2.05) is 36.1 Å². The molecule has 1 aliphatic heterocycles. The van der Waals surface area contributed by atoms with Crippen LogP contribution in [0.15, 0.2) is 24.3 Å².